The maximum Gasteiger partial charge on any atom is 0.337 e. The third-order valence-electron chi connectivity index (χ3n) is 3.06. The van der Waals surface area contributed by atoms with Crippen molar-refractivity contribution in [3.05, 3.63) is 35.7 Å². The first-order chi connectivity index (χ1) is 8.29. The average Bonchev–Trinajstić information content (AvgIpc) is 2.84. The number of likely N-dealkylation sites (tertiary alicyclic amines) is 1. The molecule has 0 aromatic rings. The van der Waals surface area contributed by atoms with E-state index in [1.54, 1.807) is 6.08 Å². The van der Waals surface area contributed by atoms with Crippen LogP contribution >= 0.6 is 0 Å². The van der Waals surface area contributed by atoms with Crippen molar-refractivity contribution in [1.29, 1.82) is 0 Å². The molecule has 92 valence electrons. The van der Waals surface area contributed by atoms with Gasteiger partial charge in [-0.25, -0.2) is 4.79 Å². The monoisotopic (exact) mass is 234 g/mol. The summed E-state index contributed by atoms with van der Waals surface area (Å²) in [7, 11) is 0. The van der Waals surface area contributed by atoms with Gasteiger partial charge in [0.25, 0.3) is 0 Å². The minimum atomic E-state index is -0.841. The molecule has 2 aliphatic heterocycles. The number of hydrogen-bond donors (Lipinski definition) is 2. The Hall–Kier alpha value is -1.71. The smallest absolute Gasteiger partial charge is 0.337 e. The predicted molar refractivity (Wildman–Crippen MR) is 66.4 cm³/mol. The highest BCUT2D eigenvalue weighted by Gasteiger charge is 2.21. The van der Waals surface area contributed by atoms with Gasteiger partial charge in [-0.05, 0) is 31.5 Å². The van der Waals surface area contributed by atoms with Gasteiger partial charge in [0.1, 0.15) is 0 Å². The van der Waals surface area contributed by atoms with Crippen molar-refractivity contribution in [3.63, 3.8) is 0 Å². The second kappa shape index (κ2) is 5.57. The van der Waals surface area contributed by atoms with Crippen LogP contribution in [0.4, 0.5) is 0 Å². The molecule has 0 bridgehead atoms. The van der Waals surface area contributed by atoms with Gasteiger partial charge < -0.3 is 15.3 Å². The number of carbonyl (C=O) groups is 1. The molecular formula is C13H18N2O2. The number of carboxylic acid groups (broad SMARTS) is 1. The fourth-order valence-corrected chi connectivity index (χ4v) is 2.23. The summed E-state index contributed by atoms with van der Waals surface area (Å²) in [5, 5.41) is 12.3. The first kappa shape index (κ1) is 11.8. The van der Waals surface area contributed by atoms with E-state index in [1.165, 1.54) is 0 Å². The van der Waals surface area contributed by atoms with E-state index in [9.17, 15) is 9.90 Å². The molecule has 2 rings (SSSR count). The Labute approximate surface area is 101 Å². The Morgan fingerprint density at radius 1 is 1.29 bits per heavy atom. The van der Waals surface area contributed by atoms with Crippen LogP contribution in [0.15, 0.2) is 35.7 Å². The van der Waals surface area contributed by atoms with Gasteiger partial charge in [0.2, 0.25) is 0 Å². The molecule has 4 heteroatoms. The Kier molecular flexibility index (Phi) is 3.85. The molecule has 0 unspecified atom stereocenters. The van der Waals surface area contributed by atoms with E-state index in [1.807, 2.05) is 18.4 Å². The third-order valence-corrected chi connectivity index (χ3v) is 3.06. The summed E-state index contributed by atoms with van der Waals surface area (Å²) in [4.78, 5) is 13.5. The Balaban J connectivity index is 2.27. The molecule has 4 nitrogen and oxygen atoms in total. The van der Waals surface area contributed by atoms with Crippen LogP contribution in [0.25, 0.3) is 0 Å². The molecular weight excluding hydrogens is 216 g/mol. The summed E-state index contributed by atoms with van der Waals surface area (Å²) < 4.78 is 0. The zero-order chi connectivity index (χ0) is 12.1. The van der Waals surface area contributed by atoms with Crippen LogP contribution in [0.2, 0.25) is 0 Å². The van der Waals surface area contributed by atoms with E-state index in [0.717, 1.165) is 38.0 Å². The van der Waals surface area contributed by atoms with Crippen LogP contribution in [0.1, 0.15) is 19.3 Å². The molecule has 2 N–H and O–H groups in total. The zero-order valence-corrected chi connectivity index (χ0v) is 9.85. The predicted octanol–water partition coefficient (Wildman–Crippen LogP) is 1.48. The van der Waals surface area contributed by atoms with Crippen LogP contribution in [0.5, 0.6) is 0 Å². The number of allylic oxidation sites excluding steroid dienone is 2. The Morgan fingerprint density at radius 2 is 2.06 bits per heavy atom. The second-order valence-corrected chi connectivity index (χ2v) is 4.25. The van der Waals surface area contributed by atoms with E-state index >= 15 is 0 Å². The molecule has 0 aliphatic carbocycles. The zero-order valence-electron chi connectivity index (χ0n) is 9.85. The summed E-state index contributed by atoms with van der Waals surface area (Å²) in [5.74, 6) is -0.841. The number of carboxylic acids is 1. The summed E-state index contributed by atoms with van der Waals surface area (Å²) >= 11 is 0. The molecule has 0 amide bonds. The Bertz CT molecular complexity index is 377. The van der Waals surface area contributed by atoms with Crippen molar-refractivity contribution in [2.45, 2.75) is 19.3 Å². The summed E-state index contributed by atoms with van der Waals surface area (Å²) in [6, 6.07) is 0. The molecule has 0 radical (unpaired) electrons. The standard InChI is InChI=1S/C13H18N2O2/c16-13(17)11-6-8-14-7-2-1-5-12(11)15-9-3-4-10-15/h2,5-7,14H,1,3-4,8-10H2,(H,16,17)/b7-2-,11-6+,12-5+. The fraction of sp³-hybridized carbons (Fsp3) is 0.462. The van der Waals surface area contributed by atoms with Crippen LogP contribution < -0.4 is 5.32 Å². The number of hydrogen-bond acceptors (Lipinski definition) is 3. The lowest BCUT2D eigenvalue weighted by Crippen LogP contribution is -2.23. The summed E-state index contributed by atoms with van der Waals surface area (Å²) in [6.45, 7) is 2.49. The van der Waals surface area contributed by atoms with Gasteiger partial charge in [0.15, 0.2) is 0 Å². The molecule has 0 aromatic heterocycles. The molecule has 0 atom stereocenters. The van der Waals surface area contributed by atoms with Crippen molar-refractivity contribution >= 4 is 5.97 Å². The van der Waals surface area contributed by atoms with Crippen molar-refractivity contribution in [1.82, 2.24) is 10.2 Å². The highest BCUT2D eigenvalue weighted by molar-refractivity contribution is 5.91. The van der Waals surface area contributed by atoms with E-state index in [-0.39, 0.29) is 0 Å². The lowest BCUT2D eigenvalue weighted by Gasteiger charge is -2.22. The minimum Gasteiger partial charge on any atom is -0.478 e. The molecule has 0 saturated carbocycles. The number of nitrogens with zero attached hydrogens (tertiary/aromatic N) is 1. The van der Waals surface area contributed by atoms with Crippen LogP contribution in [0, 0.1) is 0 Å². The van der Waals surface area contributed by atoms with Gasteiger partial charge in [-0.1, -0.05) is 12.2 Å². The van der Waals surface area contributed by atoms with E-state index in [2.05, 4.69) is 10.2 Å². The fourth-order valence-electron chi connectivity index (χ4n) is 2.23. The molecule has 2 heterocycles. The quantitative estimate of drug-likeness (QED) is 0.760. The van der Waals surface area contributed by atoms with Gasteiger partial charge in [0, 0.05) is 25.3 Å². The maximum atomic E-state index is 11.3. The number of aliphatic carboxylic acids is 1. The van der Waals surface area contributed by atoms with E-state index in [0.29, 0.717) is 12.1 Å². The van der Waals surface area contributed by atoms with Gasteiger partial charge in [-0.3, -0.25) is 0 Å². The van der Waals surface area contributed by atoms with Crippen molar-refractivity contribution in [2.75, 3.05) is 19.6 Å². The lowest BCUT2D eigenvalue weighted by atomic mass is 10.1. The Morgan fingerprint density at radius 3 is 2.76 bits per heavy atom. The highest BCUT2D eigenvalue weighted by Crippen LogP contribution is 2.22. The van der Waals surface area contributed by atoms with Crippen LogP contribution in [0.3, 0.4) is 0 Å². The molecule has 0 spiro atoms. The minimum absolute atomic E-state index is 0.420. The van der Waals surface area contributed by atoms with Gasteiger partial charge in [-0.2, -0.15) is 0 Å². The van der Waals surface area contributed by atoms with E-state index < -0.39 is 5.97 Å². The maximum absolute atomic E-state index is 11.3. The first-order valence-corrected chi connectivity index (χ1v) is 6.06. The SMILES string of the molecule is O=C(O)C1=C/CN/C=C\C/C=C\1N1CCCC1. The van der Waals surface area contributed by atoms with Gasteiger partial charge in [-0.15, -0.1) is 0 Å². The summed E-state index contributed by atoms with van der Waals surface area (Å²) in [6.07, 6.45) is 10.7. The third kappa shape index (κ3) is 2.90. The average molecular weight is 234 g/mol. The molecule has 17 heavy (non-hydrogen) atoms. The van der Waals surface area contributed by atoms with Crippen molar-refractivity contribution in [3.8, 4) is 0 Å². The van der Waals surface area contributed by atoms with Crippen molar-refractivity contribution in [2.24, 2.45) is 0 Å². The molecule has 0 aromatic carbocycles. The molecule has 1 saturated heterocycles. The highest BCUT2D eigenvalue weighted by atomic mass is 16.4. The molecule has 2 aliphatic rings. The first-order valence-electron chi connectivity index (χ1n) is 6.06. The lowest BCUT2D eigenvalue weighted by molar-refractivity contribution is -0.132. The largest absolute Gasteiger partial charge is 0.478 e. The van der Waals surface area contributed by atoms with Crippen LogP contribution in [-0.2, 0) is 4.79 Å². The molecule has 1 fully saturated rings. The topological polar surface area (TPSA) is 52.6 Å². The van der Waals surface area contributed by atoms with Gasteiger partial charge in [0.05, 0.1) is 5.57 Å². The van der Waals surface area contributed by atoms with E-state index in [4.69, 9.17) is 0 Å². The summed E-state index contributed by atoms with van der Waals surface area (Å²) in [5.41, 5.74) is 1.30. The second-order valence-electron chi connectivity index (χ2n) is 4.25. The normalized spacial score (nSPS) is 28.8. The number of nitrogens with one attached hydrogen (secondary N) is 1. The number of rotatable bonds is 2. The van der Waals surface area contributed by atoms with Crippen molar-refractivity contribution < 1.29 is 9.90 Å². The van der Waals surface area contributed by atoms with Gasteiger partial charge >= 0.3 is 5.97 Å². The van der Waals surface area contributed by atoms with Crippen LogP contribution in [-0.4, -0.2) is 35.6 Å².